The summed E-state index contributed by atoms with van der Waals surface area (Å²) < 4.78 is 6.46. The van der Waals surface area contributed by atoms with Gasteiger partial charge in [-0.15, -0.1) is 11.3 Å². The number of thiazole rings is 1. The topological polar surface area (TPSA) is 54.5 Å². The highest BCUT2D eigenvalue weighted by Gasteiger charge is 2.15. The molecule has 0 radical (unpaired) electrons. The zero-order valence-electron chi connectivity index (χ0n) is 11.9. The highest BCUT2D eigenvalue weighted by atomic mass is 32.1. The van der Waals surface area contributed by atoms with Gasteiger partial charge < -0.3 is 15.0 Å². The Kier molecular flexibility index (Phi) is 4.67. The van der Waals surface area contributed by atoms with Crippen LogP contribution in [0.5, 0.6) is 0 Å². The molecule has 21 heavy (non-hydrogen) atoms. The molecule has 1 saturated heterocycles. The number of nitrogens with one attached hydrogen (secondary N) is 1. The smallest absolute Gasteiger partial charge is 0.317 e. The Morgan fingerprint density at radius 1 is 1.33 bits per heavy atom. The second-order valence-corrected chi connectivity index (χ2v) is 6.13. The molecule has 0 atom stereocenters. The lowest BCUT2D eigenvalue weighted by Crippen LogP contribution is -2.46. The number of aromatic nitrogens is 1. The number of rotatable bonds is 4. The molecule has 0 aliphatic carbocycles. The molecule has 1 N–H and O–H groups in total. The van der Waals surface area contributed by atoms with Gasteiger partial charge in [0.1, 0.15) is 0 Å². The Morgan fingerprint density at radius 2 is 2.14 bits per heavy atom. The summed E-state index contributed by atoms with van der Waals surface area (Å²) in [6.45, 7) is 3.33. The van der Waals surface area contributed by atoms with Gasteiger partial charge in [0.05, 0.1) is 28.4 Å². The van der Waals surface area contributed by atoms with E-state index in [1.54, 1.807) is 16.2 Å². The monoisotopic (exact) mass is 305 g/mol. The maximum atomic E-state index is 11.9. The van der Waals surface area contributed by atoms with Crippen LogP contribution in [0.15, 0.2) is 24.3 Å². The average molecular weight is 305 g/mol. The third kappa shape index (κ3) is 3.71. The average Bonchev–Trinajstić information content (AvgIpc) is 2.95. The molecule has 1 aromatic heterocycles. The van der Waals surface area contributed by atoms with Crippen molar-refractivity contribution in [2.75, 3.05) is 32.8 Å². The SMILES string of the molecule is O=C(NCCCc1nc2ccccc2s1)N1CCOCC1. The van der Waals surface area contributed by atoms with Crippen molar-refractivity contribution in [1.29, 1.82) is 0 Å². The standard InChI is InChI=1S/C15H19N3O2S/c19-15(18-8-10-20-11-9-18)16-7-3-6-14-17-12-4-1-2-5-13(12)21-14/h1-2,4-5H,3,6-11H2,(H,16,19). The second-order valence-electron chi connectivity index (χ2n) is 5.01. The number of aryl methyl sites for hydroxylation is 1. The minimum Gasteiger partial charge on any atom is -0.378 e. The maximum absolute atomic E-state index is 11.9. The van der Waals surface area contributed by atoms with Crippen LogP contribution < -0.4 is 5.32 Å². The van der Waals surface area contributed by atoms with E-state index in [4.69, 9.17) is 4.74 Å². The number of nitrogens with zero attached hydrogens (tertiary/aromatic N) is 2. The minimum atomic E-state index is 0.0163. The zero-order valence-corrected chi connectivity index (χ0v) is 12.7. The molecule has 1 fully saturated rings. The fourth-order valence-corrected chi connectivity index (χ4v) is 3.35. The van der Waals surface area contributed by atoms with Crippen LogP contribution in [0.2, 0.25) is 0 Å². The molecule has 1 aromatic carbocycles. The molecule has 6 heteroatoms. The third-order valence-corrected chi connectivity index (χ3v) is 4.58. The Bertz CT molecular complexity index is 575. The molecular formula is C15H19N3O2S. The van der Waals surface area contributed by atoms with Gasteiger partial charge in [-0.25, -0.2) is 9.78 Å². The number of fused-ring (bicyclic) bond motifs is 1. The molecule has 1 aliphatic rings. The number of benzene rings is 1. The van der Waals surface area contributed by atoms with Gasteiger partial charge in [-0.1, -0.05) is 12.1 Å². The number of carbonyl (C=O) groups is 1. The molecule has 112 valence electrons. The first kappa shape index (κ1) is 14.3. The van der Waals surface area contributed by atoms with Gasteiger partial charge in [0.2, 0.25) is 0 Å². The maximum Gasteiger partial charge on any atom is 0.317 e. The highest BCUT2D eigenvalue weighted by molar-refractivity contribution is 7.18. The lowest BCUT2D eigenvalue weighted by molar-refractivity contribution is 0.0532. The van der Waals surface area contributed by atoms with E-state index in [1.807, 2.05) is 18.2 Å². The van der Waals surface area contributed by atoms with Crippen molar-refractivity contribution in [1.82, 2.24) is 15.2 Å². The zero-order chi connectivity index (χ0) is 14.5. The van der Waals surface area contributed by atoms with E-state index in [1.165, 1.54) is 4.70 Å². The first-order chi connectivity index (χ1) is 10.3. The van der Waals surface area contributed by atoms with Crippen molar-refractivity contribution in [3.63, 3.8) is 0 Å². The summed E-state index contributed by atoms with van der Waals surface area (Å²) in [6.07, 6.45) is 1.82. The normalized spacial score (nSPS) is 15.3. The Hall–Kier alpha value is -1.66. The number of amides is 2. The van der Waals surface area contributed by atoms with Crippen molar-refractivity contribution in [2.24, 2.45) is 0 Å². The van der Waals surface area contributed by atoms with Crippen LogP contribution in [-0.4, -0.2) is 48.8 Å². The van der Waals surface area contributed by atoms with Crippen molar-refractivity contribution >= 4 is 27.6 Å². The van der Waals surface area contributed by atoms with Gasteiger partial charge in [-0.2, -0.15) is 0 Å². The minimum absolute atomic E-state index is 0.0163. The van der Waals surface area contributed by atoms with Crippen LogP contribution in [0, 0.1) is 0 Å². The number of hydrogen-bond acceptors (Lipinski definition) is 4. The fourth-order valence-electron chi connectivity index (χ4n) is 2.34. The molecule has 1 aliphatic heterocycles. The summed E-state index contributed by atoms with van der Waals surface area (Å²) in [5.41, 5.74) is 1.06. The van der Waals surface area contributed by atoms with Crippen molar-refractivity contribution in [3.8, 4) is 0 Å². The molecule has 5 nitrogen and oxygen atoms in total. The summed E-state index contributed by atoms with van der Waals surface area (Å²) >= 11 is 1.73. The molecular weight excluding hydrogens is 286 g/mol. The van der Waals surface area contributed by atoms with Crippen molar-refractivity contribution in [3.05, 3.63) is 29.3 Å². The van der Waals surface area contributed by atoms with Gasteiger partial charge in [-0.05, 0) is 18.6 Å². The third-order valence-electron chi connectivity index (χ3n) is 3.48. The fraction of sp³-hybridized carbons (Fsp3) is 0.467. The van der Waals surface area contributed by atoms with Gasteiger partial charge in [0.25, 0.3) is 0 Å². The predicted molar refractivity (Wildman–Crippen MR) is 83.7 cm³/mol. The second kappa shape index (κ2) is 6.87. The molecule has 0 unspecified atom stereocenters. The molecule has 2 aromatic rings. The van der Waals surface area contributed by atoms with E-state index < -0.39 is 0 Å². The summed E-state index contributed by atoms with van der Waals surface area (Å²) in [5, 5.41) is 4.10. The first-order valence-electron chi connectivity index (χ1n) is 7.28. The van der Waals surface area contributed by atoms with Crippen LogP contribution in [-0.2, 0) is 11.2 Å². The molecule has 2 amide bonds. The Balaban J connectivity index is 1.42. The van der Waals surface area contributed by atoms with Crippen LogP contribution in [0.4, 0.5) is 4.79 Å². The van der Waals surface area contributed by atoms with E-state index >= 15 is 0 Å². The Morgan fingerprint density at radius 3 is 2.95 bits per heavy atom. The van der Waals surface area contributed by atoms with Gasteiger partial charge in [-0.3, -0.25) is 0 Å². The number of hydrogen-bond donors (Lipinski definition) is 1. The van der Waals surface area contributed by atoms with Gasteiger partial charge in [0, 0.05) is 26.1 Å². The summed E-state index contributed by atoms with van der Waals surface area (Å²) in [6, 6.07) is 8.19. The van der Waals surface area contributed by atoms with Crippen LogP contribution >= 0.6 is 11.3 Å². The predicted octanol–water partition coefficient (Wildman–Crippen LogP) is 2.27. The molecule has 0 saturated carbocycles. The molecule has 3 rings (SSSR count). The Labute approximate surface area is 127 Å². The first-order valence-corrected chi connectivity index (χ1v) is 8.09. The van der Waals surface area contributed by atoms with Crippen LogP contribution in [0.3, 0.4) is 0 Å². The van der Waals surface area contributed by atoms with Gasteiger partial charge in [0.15, 0.2) is 0 Å². The lowest BCUT2D eigenvalue weighted by atomic mass is 10.3. The lowest BCUT2D eigenvalue weighted by Gasteiger charge is -2.26. The number of carbonyl (C=O) groups excluding carboxylic acids is 1. The van der Waals surface area contributed by atoms with E-state index in [0.717, 1.165) is 23.4 Å². The number of para-hydroxylation sites is 1. The molecule has 2 heterocycles. The molecule has 0 bridgehead atoms. The van der Waals surface area contributed by atoms with E-state index in [2.05, 4.69) is 16.4 Å². The van der Waals surface area contributed by atoms with Gasteiger partial charge >= 0.3 is 6.03 Å². The number of morpholine rings is 1. The number of urea groups is 1. The van der Waals surface area contributed by atoms with E-state index in [-0.39, 0.29) is 6.03 Å². The largest absolute Gasteiger partial charge is 0.378 e. The van der Waals surface area contributed by atoms with Crippen molar-refractivity contribution in [2.45, 2.75) is 12.8 Å². The van der Waals surface area contributed by atoms with Crippen molar-refractivity contribution < 1.29 is 9.53 Å². The highest BCUT2D eigenvalue weighted by Crippen LogP contribution is 2.22. The van der Waals surface area contributed by atoms with Crippen LogP contribution in [0.1, 0.15) is 11.4 Å². The molecule has 0 spiro atoms. The summed E-state index contributed by atoms with van der Waals surface area (Å²) in [4.78, 5) is 18.3. The van der Waals surface area contributed by atoms with E-state index in [0.29, 0.717) is 32.8 Å². The van der Waals surface area contributed by atoms with E-state index in [9.17, 15) is 4.79 Å². The number of ether oxygens (including phenoxy) is 1. The quantitative estimate of drug-likeness (QED) is 0.882. The summed E-state index contributed by atoms with van der Waals surface area (Å²) in [5.74, 6) is 0. The summed E-state index contributed by atoms with van der Waals surface area (Å²) in [7, 11) is 0. The van der Waals surface area contributed by atoms with Crippen LogP contribution in [0.25, 0.3) is 10.2 Å².